The van der Waals surface area contributed by atoms with Crippen molar-refractivity contribution in [2.24, 2.45) is 9.98 Å². The SMILES string of the molecule is CC(O)CO.CC1CO1.O=C=Nc1cccc(Cc2cccc(N=C=O)c2)c1. The maximum Gasteiger partial charge on any atom is 0.240 e. The normalized spacial score (nSPS) is 14.6. The Morgan fingerprint density at radius 3 is 1.75 bits per heavy atom. The maximum atomic E-state index is 10.2. The number of hydrogen-bond acceptors (Lipinski definition) is 7. The summed E-state index contributed by atoms with van der Waals surface area (Å²) < 4.78 is 4.71. The third-order valence-corrected chi connectivity index (χ3v) is 3.34. The van der Waals surface area contributed by atoms with Gasteiger partial charge in [-0.1, -0.05) is 24.3 Å². The van der Waals surface area contributed by atoms with Crippen LogP contribution in [0.15, 0.2) is 58.5 Å². The largest absolute Gasteiger partial charge is 0.394 e. The summed E-state index contributed by atoms with van der Waals surface area (Å²) in [5, 5.41) is 16.0. The molecular formula is C21H24N2O5. The zero-order valence-corrected chi connectivity index (χ0v) is 15.9. The van der Waals surface area contributed by atoms with Crippen LogP contribution in [0, 0.1) is 0 Å². The van der Waals surface area contributed by atoms with E-state index in [-0.39, 0.29) is 6.61 Å². The summed E-state index contributed by atoms with van der Waals surface area (Å²) in [6, 6.07) is 14.7. The van der Waals surface area contributed by atoms with Gasteiger partial charge in [-0.15, -0.1) is 0 Å². The molecule has 3 rings (SSSR count). The monoisotopic (exact) mass is 384 g/mol. The van der Waals surface area contributed by atoms with Crippen LogP contribution in [0.4, 0.5) is 11.4 Å². The van der Waals surface area contributed by atoms with Gasteiger partial charge in [0.1, 0.15) is 0 Å². The third-order valence-electron chi connectivity index (χ3n) is 3.34. The molecule has 2 unspecified atom stereocenters. The number of aliphatic imine (C=N–C) groups is 2. The zero-order valence-electron chi connectivity index (χ0n) is 15.9. The number of nitrogens with zero attached hydrogens (tertiary/aromatic N) is 2. The molecule has 7 heteroatoms. The minimum atomic E-state index is -0.560. The lowest BCUT2D eigenvalue weighted by Crippen LogP contribution is -2.03. The molecule has 0 aliphatic carbocycles. The Hall–Kier alpha value is -2.92. The molecule has 2 N–H and O–H groups in total. The Morgan fingerprint density at radius 2 is 1.46 bits per heavy atom. The van der Waals surface area contributed by atoms with Crippen molar-refractivity contribution < 1.29 is 24.5 Å². The zero-order chi connectivity index (χ0) is 20.8. The Balaban J connectivity index is 0.000000359. The molecule has 0 saturated carbocycles. The Kier molecular flexibility index (Phi) is 11.0. The number of aliphatic hydroxyl groups is 2. The highest BCUT2D eigenvalue weighted by Gasteiger charge is 2.13. The van der Waals surface area contributed by atoms with Crippen molar-refractivity contribution in [2.75, 3.05) is 13.2 Å². The highest BCUT2D eigenvalue weighted by atomic mass is 16.6. The summed E-state index contributed by atoms with van der Waals surface area (Å²) in [5.74, 6) is 0. The summed E-state index contributed by atoms with van der Waals surface area (Å²) in [6.07, 6.45) is 3.73. The topological polar surface area (TPSA) is 112 Å². The first-order valence-electron chi connectivity index (χ1n) is 8.72. The number of benzene rings is 2. The second kappa shape index (κ2) is 13.3. The van der Waals surface area contributed by atoms with Crippen molar-refractivity contribution in [1.82, 2.24) is 0 Å². The number of isocyanates is 2. The number of epoxide rings is 1. The van der Waals surface area contributed by atoms with Gasteiger partial charge in [0.25, 0.3) is 0 Å². The minimum Gasteiger partial charge on any atom is -0.394 e. The van der Waals surface area contributed by atoms with Crippen molar-refractivity contribution in [3.05, 3.63) is 59.7 Å². The second-order valence-corrected chi connectivity index (χ2v) is 6.10. The van der Waals surface area contributed by atoms with E-state index in [1.165, 1.54) is 19.1 Å². The number of rotatable bonds is 5. The first-order valence-corrected chi connectivity index (χ1v) is 8.72. The maximum absolute atomic E-state index is 10.2. The fraction of sp³-hybridized carbons (Fsp3) is 0.333. The van der Waals surface area contributed by atoms with Gasteiger partial charge in [-0.2, -0.15) is 9.98 Å². The van der Waals surface area contributed by atoms with Gasteiger partial charge in [0.15, 0.2) is 0 Å². The van der Waals surface area contributed by atoms with Gasteiger partial charge in [-0.3, -0.25) is 0 Å². The predicted molar refractivity (Wildman–Crippen MR) is 105 cm³/mol. The van der Waals surface area contributed by atoms with Crippen LogP contribution in [0.2, 0.25) is 0 Å². The molecule has 1 aliphatic heterocycles. The fourth-order valence-electron chi connectivity index (χ4n) is 1.91. The lowest BCUT2D eigenvalue weighted by Gasteiger charge is -2.03. The second-order valence-electron chi connectivity index (χ2n) is 6.10. The van der Waals surface area contributed by atoms with Gasteiger partial charge in [0, 0.05) is 0 Å². The van der Waals surface area contributed by atoms with E-state index in [1.54, 1.807) is 12.1 Å². The lowest BCUT2D eigenvalue weighted by molar-refractivity contribution is 0.110. The molecule has 1 heterocycles. The Morgan fingerprint density at radius 1 is 1.07 bits per heavy atom. The van der Waals surface area contributed by atoms with Gasteiger partial charge >= 0.3 is 0 Å². The molecule has 2 atom stereocenters. The quantitative estimate of drug-likeness (QED) is 0.468. The number of aliphatic hydroxyl groups excluding tert-OH is 2. The molecule has 7 nitrogen and oxygen atoms in total. The van der Waals surface area contributed by atoms with Crippen LogP contribution in [0.5, 0.6) is 0 Å². The van der Waals surface area contributed by atoms with E-state index in [0.717, 1.165) is 17.7 Å². The van der Waals surface area contributed by atoms with Crippen LogP contribution in [0.1, 0.15) is 25.0 Å². The minimum absolute atomic E-state index is 0.139. The number of hydrogen-bond donors (Lipinski definition) is 2. The molecule has 2 aromatic carbocycles. The van der Waals surface area contributed by atoms with Crippen LogP contribution >= 0.6 is 0 Å². The van der Waals surface area contributed by atoms with Gasteiger partial charge in [0.2, 0.25) is 12.2 Å². The summed E-state index contributed by atoms with van der Waals surface area (Å²) in [4.78, 5) is 27.6. The van der Waals surface area contributed by atoms with E-state index in [1.807, 2.05) is 36.4 Å². The summed E-state index contributed by atoms with van der Waals surface area (Å²) in [7, 11) is 0. The van der Waals surface area contributed by atoms with Gasteiger partial charge in [-0.25, -0.2) is 9.59 Å². The molecule has 0 bridgehead atoms. The standard InChI is InChI=1S/C15H10N2O2.C3H8O2.C3H6O/c18-10-16-14-5-1-3-12(8-14)7-13-4-2-6-15(9-13)17-11-19;1-3(5)2-4;1-3-2-4-3/h1-6,8-9H,7H2;3-5H,2H2,1H3;3H,2H2,1H3. The Bertz CT molecular complexity index is 762. The van der Waals surface area contributed by atoms with Crippen molar-refractivity contribution in [2.45, 2.75) is 32.5 Å². The van der Waals surface area contributed by atoms with Crippen LogP contribution in [-0.2, 0) is 20.7 Å². The van der Waals surface area contributed by atoms with E-state index < -0.39 is 6.10 Å². The van der Waals surface area contributed by atoms with Crippen LogP contribution < -0.4 is 0 Å². The molecule has 2 aromatic rings. The predicted octanol–water partition coefficient (Wildman–Crippen LogP) is 2.98. The fourth-order valence-corrected chi connectivity index (χ4v) is 1.91. The molecule has 28 heavy (non-hydrogen) atoms. The Labute approximate surface area is 164 Å². The van der Waals surface area contributed by atoms with Crippen molar-refractivity contribution in [1.29, 1.82) is 0 Å². The highest BCUT2D eigenvalue weighted by Crippen LogP contribution is 2.19. The van der Waals surface area contributed by atoms with E-state index in [0.29, 0.717) is 23.9 Å². The van der Waals surface area contributed by atoms with E-state index in [9.17, 15) is 9.59 Å². The molecule has 1 aliphatic rings. The summed E-state index contributed by atoms with van der Waals surface area (Å²) in [5.41, 5.74) is 3.19. The average molecular weight is 384 g/mol. The van der Waals surface area contributed by atoms with Crippen molar-refractivity contribution in [3.63, 3.8) is 0 Å². The first kappa shape index (κ1) is 23.1. The number of ether oxygens (including phenoxy) is 1. The van der Waals surface area contributed by atoms with E-state index in [4.69, 9.17) is 14.9 Å². The molecule has 0 aromatic heterocycles. The highest BCUT2D eigenvalue weighted by molar-refractivity contribution is 5.52. The molecular weight excluding hydrogens is 360 g/mol. The molecule has 1 fully saturated rings. The van der Waals surface area contributed by atoms with Gasteiger partial charge in [-0.05, 0) is 55.7 Å². The van der Waals surface area contributed by atoms with Crippen molar-refractivity contribution in [3.8, 4) is 0 Å². The van der Waals surface area contributed by atoms with Crippen LogP contribution in [-0.4, -0.2) is 47.8 Å². The number of carbonyl (C=O) groups excluding carboxylic acids is 2. The van der Waals surface area contributed by atoms with Gasteiger partial charge < -0.3 is 14.9 Å². The molecule has 0 radical (unpaired) electrons. The first-order chi connectivity index (χ1) is 13.5. The summed E-state index contributed by atoms with van der Waals surface area (Å²) in [6.45, 7) is 4.43. The molecule has 0 amide bonds. The summed E-state index contributed by atoms with van der Waals surface area (Å²) >= 11 is 0. The molecule has 148 valence electrons. The smallest absolute Gasteiger partial charge is 0.240 e. The van der Waals surface area contributed by atoms with E-state index >= 15 is 0 Å². The van der Waals surface area contributed by atoms with Crippen molar-refractivity contribution >= 4 is 23.5 Å². The lowest BCUT2D eigenvalue weighted by atomic mass is 10.0. The third kappa shape index (κ3) is 10.9. The average Bonchev–Trinajstić information content (AvgIpc) is 3.46. The van der Waals surface area contributed by atoms with Crippen LogP contribution in [0.25, 0.3) is 0 Å². The molecule has 0 spiro atoms. The van der Waals surface area contributed by atoms with Gasteiger partial charge in [0.05, 0.1) is 36.8 Å². The van der Waals surface area contributed by atoms with E-state index in [2.05, 4.69) is 16.9 Å². The molecule has 1 saturated heterocycles. The van der Waals surface area contributed by atoms with Crippen LogP contribution in [0.3, 0.4) is 0 Å².